The molecule has 0 saturated heterocycles. The Kier molecular flexibility index (Phi) is 3.62. The maximum absolute atomic E-state index is 8.42. The standard InChI is InChI=1S/C22H26N4O2/c1-27-18-4-6-21(7-5-18)11-16-3-2-15(17-12-24-14-25-13-17)10-19(16)22(21)8-9-28-20(23)26-22/h2-3,10,12-14,18H,4-9,11H2,1H3,(H2,23,26)/i9D2. The number of fused-ring (bicyclic) bond motifs is 3. The Morgan fingerprint density at radius 2 is 1.96 bits per heavy atom. The van der Waals surface area contributed by atoms with Crippen molar-refractivity contribution in [3.05, 3.63) is 48.0 Å². The molecule has 1 aliphatic heterocycles. The van der Waals surface area contributed by atoms with Gasteiger partial charge in [-0.05, 0) is 54.9 Å². The second-order valence-electron chi connectivity index (χ2n) is 8.12. The average Bonchev–Trinajstić information content (AvgIpc) is 2.95. The zero-order valence-corrected chi connectivity index (χ0v) is 16.0. The zero-order valence-electron chi connectivity index (χ0n) is 18.0. The summed E-state index contributed by atoms with van der Waals surface area (Å²) in [5, 5.41) is 0. The first-order valence-corrected chi connectivity index (χ1v) is 9.82. The van der Waals surface area contributed by atoms with Gasteiger partial charge in [-0.2, -0.15) is 0 Å². The number of methoxy groups -OCH3 is 1. The highest BCUT2D eigenvalue weighted by atomic mass is 16.5. The predicted octanol–water partition coefficient (Wildman–Crippen LogP) is 3.21. The Balaban J connectivity index is 1.67. The number of aromatic nitrogens is 2. The summed E-state index contributed by atoms with van der Waals surface area (Å²) in [6, 6.07) is 6.30. The molecule has 146 valence electrons. The minimum absolute atomic E-state index is 0.0687. The van der Waals surface area contributed by atoms with Crippen molar-refractivity contribution in [3.63, 3.8) is 0 Å². The molecule has 2 spiro atoms. The van der Waals surface area contributed by atoms with E-state index in [2.05, 4.69) is 28.2 Å². The van der Waals surface area contributed by atoms with Crippen LogP contribution in [0.15, 0.2) is 41.9 Å². The van der Waals surface area contributed by atoms with Crippen LogP contribution in [0.1, 0.15) is 46.0 Å². The molecular formula is C22H26N4O2. The number of rotatable bonds is 2. The first-order valence-electron chi connectivity index (χ1n) is 10.8. The van der Waals surface area contributed by atoms with Gasteiger partial charge in [-0.25, -0.2) is 15.0 Å². The normalized spacial score (nSPS) is 34.3. The van der Waals surface area contributed by atoms with Gasteiger partial charge in [-0.3, -0.25) is 0 Å². The highest BCUT2D eigenvalue weighted by Crippen LogP contribution is 2.62. The van der Waals surface area contributed by atoms with Crippen LogP contribution >= 0.6 is 0 Å². The van der Waals surface area contributed by atoms with Gasteiger partial charge in [0.2, 0.25) is 0 Å². The van der Waals surface area contributed by atoms with Crippen LogP contribution in [0.25, 0.3) is 11.1 Å². The second-order valence-corrected chi connectivity index (χ2v) is 8.12. The highest BCUT2D eigenvalue weighted by Gasteiger charge is 2.59. The molecule has 2 aliphatic carbocycles. The van der Waals surface area contributed by atoms with Crippen LogP contribution in [0.2, 0.25) is 0 Å². The van der Waals surface area contributed by atoms with Gasteiger partial charge in [0.05, 0.1) is 15.4 Å². The Hall–Kier alpha value is -2.47. The van der Waals surface area contributed by atoms with Gasteiger partial charge in [0.15, 0.2) is 0 Å². The molecule has 1 saturated carbocycles. The number of benzene rings is 1. The number of nitrogens with zero attached hydrogens (tertiary/aromatic N) is 3. The minimum atomic E-state index is -1.87. The van der Waals surface area contributed by atoms with Crippen LogP contribution in [-0.4, -0.2) is 35.8 Å². The first kappa shape index (κ1) is 15.5. The van der Waals surface area contributed by atoms with Crippen LogP contribution in [0, 0.1) is 5.41 Å². The fraction of sp³-hybridized carbons (Fsp3) is 0.500. The summed E-state index contributed by atoms with van der Waals surface area (Å²) < 4.78 is 27.7. The van der Waals surface area contributed by atoms with E-state index in [-0.39, 0.29) is 24.0 Å². The van der Waals surface area contributed by atoms with E-state index in [1.807, 2.05) is 0 Å². The SMILES string of the molecule is [2H]C1([2H])CC2(N=C(N)O1)c1cc(-c3cncnc3)ccc1CC21CCC(OC)CC1. The fourth-order valence-electron chi connectivity index (χ4n) is 5.44. The molecule has 28 heavy (non-hydrogen) atoms. The van der Waals surface area contributed by atoms with Crippen molar-refractivity contribution in [2.24, 2.45) is 16.1 Å². The summed E-state index contributed by atoms with van der Waals surface area (Å²) in [4.78, 5) is 13.2. The Morgan fingerprint density at radius 1 is 1.18 bits per heavy atom. The predicted molar refractivity (Wildman–Crippen MR) is 107 cm³/mol. The molecule has 6 heteroatoms. The van der Waals surface area contributed by atoms with Crippen LogP contribution < -0.4 is 5.73 Å². The van der Waals surface area contributed by atoms with Crippen LogP contribution in [0.3, 0.4) is 0 Å². The molecule has 0 amide bonds. The van der Waals surface area contributed by atoms with Crippen LogP contribution in [0.5, 0.6) is 0 Å². The Morgan fingerprint density at radius 3 is 2.68 bits per heavy atom. The quantitative estimate of drug-likeness (QED) is 0.865. The number of hydrogen-bond acceptors (Lipinski definition) is 6. The maximum Gasteiger partial charge on any atom is 0.282 e. The molecule has 1 aromatic carbocycles. The Labute approximate surface area is 168 Å². The zero-order chi connectivity index (χ0) is 21.0. The third-order valence-electron chi connectivity index (χ3n) is 6.88. The van der Waals surface area contributed by atoms with Gasteiger partial charge in [-0.1, -0.05) is 12.1 Å². The number of nitrogens with two attached hydrogens (primary N) is 1. The van der Waals surface area contributed by atoms with Gasteiger partial charge < -0.3 is 15.2 Å². The van der Waals surface area contributed by atoms with E-state index in [1.165, 1.54) is 11.9 Å². The lowest BCUT2D eigenvalue weighted by Gasteiger charge is -2.49. The largest absolute Gasteiger partial charge is 0.465 e. The maximum atomic E-state index is 8.42. The molecule has 2 aromatic rings. The van der Waals surface area contributed by atoms with E-state index >= 15 is 0 Å². The third kappa shape index (κ3) is 2.54. The molecule has 6 nitrogen and oxygen atoms in total. The van der Waals surface area contributed by atoms with E-state index in [1.54, 1.807) is 19.5 Å². The molecule has 0 bridgehead atoms. The van der Waals surface area contributed by atoms with Gasteiger partial charge >= 0.3 is 0 Å². The molecule has 1 aromatic heterocycles. The van der Waals surface area contributed by atoms with Crippen molar-refractivity contribution in [2.75, 3.05) is 13.7 Å². The smallest absolute Gasteiger partial charge is 0.282 e. The molecule has 0 radical (unpaired) electrons. The molecular weight excluding hydrogens is 352 g/mol. The van der Waals surface area contributed by atoms with Gasteiger partial charge in [-0.15, -0.1) is 0 Å². The molecule has 1 fully saturated rings. The lowest BCUT2D eigenvalue weighted by atomic mass is 9.60. The van der Waals surface area contributed by atoms with Gasteiger partial charge in [0.25, 0.3) is 6.02 Å². The number of aliphatic imine (C=N–C) groups is 1. The summed E-state index contributed by atoms with van der Waals surface area (Å²) in [5.74, 6) is 0. The molecule has 2 N–H and O–H groups in total. The first-order chi connectivity index (χ1) is 14.4. The summed E-state index contributed by atoms with van der Waals surface area (Å²) >= 11 is 0. The van der Waals surface area contributed by atoms with Crippen LogP contribution in [0.4, 0.5) is 0 Å². The molecule has 1 atom stereocenters. The van der Waals surface area contributed by atoms with E-state index < -0.39 is 12.1 Å². The van der Waals surface area contributed by atoms with Crippen molar-refractivity contribution in [2.45, 2.75) is 50.2 Å². The summed E-state index contributed by atoms with van der Waals surface area (Å²) in [7, 11) is 1.76. The van der Waals surface area contributed by atoms with Crippen LogP contribution in [-0.2, 0) is 21.4 Å². The van der Waals surface area contributed by atoms with Gasteiger partial charge in [0.1, 0.15) is 11.9 Å². The Bertz CT molecular complexity index is 990. The van der Waals surface area contributed by atoms with Crippen molar-refractivity contribution in [1.29, 1.82) is 0 Å². The monoisotopic (exact) mass is 380 g/mol. The second kappa shape index (κ2) is 6.55. The van der Waals surface area contributed by atoms with E-state index in [0.717, 1.165) is 48.8 Å². The molecule has 1 unspecified atom stereocenters. The molecule has 2 heterocycles. The number of hydrogen-bond donors (Lipinski definition) is 1. The van der Waals surface area contributed by atoms with E-state index in [0.29, 0.717) is 0 Å². The topological polar surface area (TPSA) is 82.6 Å². The van der Waals surface area contributed by atoms with Crippen molar-refractivity contribution in [3.8, 4) is 11.1 Å². The van der Waals surface area contributed by atoms with Crippen molar-refractivity contribution < 1.29 is 12.2 Å². The summed E-state index contributed by atoms with van der Waals surface area (Å²) in [6.07, 6.45) is 10.0. The number of amidine groups is 1. The highest BCUT2D eigenvalue weighted by molar-refractivity contribution is 5.74. The van der Waals surface area contributed by atoms with Gasteiger partial charge in [0, 0.05) is 36.9 Å². The van der Waals surface area contributed by atoms with Crippen molar-refractivity contribution in [1.82, 2.24) is 9.97 Å². The number of ether oxygens (including phenoxy) is 2. The van der Waals surface area contributed by atoms with Crippen molar-refractivity contribution >= 4 is 6.02 Å². The third-order valence-corrected chi connectivity index (χ3v) is 6.88. The summed E-state index contributed by atoms with van der Waals surface area (Å²) in [6.45, 7) is -1.87. The lowest BCUT2D eigenvalue weighted by molar-refractivity contribution is -0.0148. The average molecular weight is 380 g/mol. The molecule has 5 rings (SSSR count). The molecule has 3 aliphatic rings. The van der Waals surface area contributed by atoms with E-state index in [9.17, 15) is 0 Å². The lowest BCUT2D eigenvalue weighted by Crippen LogP contribution is -2.49. The fourth-order valence-corrected chi connectivity index (χ4v) is 5.44. The minimum Gasteiger partial charge on any atom is -0.465 e. The van der Waals surface area contributed by atoms with E-state index in [4.69, 9.17) is 22.9 Å². The summed E-state index contributed by atoms with van der Waals surface area (Å²) in [5.41, 5.74) is 9.29.